The molecule has 0 unspecified atom stereocenters. The van der Waals surface area contributed by atoms with Gasteiger partial charge in [0.2, 0.25) is 0 Å². The highest BCUT2D eigenvalue weighted by Crippen LogP contribution is 2.24. The smallest absolute Gasteiger partial charge is 0.177 e. The number of hydrogen-bond donors (Lipinski definition) is 1. The summed E-state index contributed by atoms with van der Waals surface area (Å²) in [5.41, 5.74) is 1.87. The first-order chi connectivity index (χ1) is 9.05. The molecule has 2 heterocycles. The summed E-state index contributed by atoms with van der Waals surface area (Å²) in [7, 11) is -3.31. The van der Waals surface area contributed by atoms with Gasteiger partial charge in [-0.3, -0.25) is 0 Å². The molecule has 2 aromatic heterocycles. The molecule has 3 rings (SSSR count). The Balaban J connectivity index is 2.28. The van der Waals surface area contributed by atoms with Gasteiger partial charge in [-0.1, -0.05) is 6.07 Å². The number of para-hydroxylation sites is 1. The van der Waals surface area contributed by atoms with Crippen LogP contribution in [0.25, 0.3) is 22.4 Å². The maximum absolute atomic E-state index is 11.7. The zero-order valence-corrected chi connectivity index (χ0v) is 10.8. The van der Waals surface area contributed by atoms with Gasteiger partial charge in [-0.15, -0.1) is 0 Å². The SMILES string of the molecule is CS(=O)(=O)c1cccc2[nH]c(-c3ccnnc3)nc12. The number of rotatable bonds is 2. The molecule has 0 saturated carbocycles. The summed E-state index contributed by atoms with van der Waals surface area (Å²) >= 11 is 0. The lowest BCUT2D eigenvalue weighted by molar-refractivity contribution is 0.602. The Morgan fingerprint density at radius 1 is 1.16 bits per heavy atom. The summed E-state index contributed by atoms with van der Waals surface area (Å²) in [6.07, 6.45) is 4.29. The van der Waals surface area contributed by atoms with E-state index in [9.17, 15) is 8.42 Å². The lowest BCUT2D eigenvalue weighted by Gasteiger charge is -1.97. The average Bonchev–Trinajstić information content (AvgIpc) is 2.82. The van der Waals surface area contributed by atoms with Crippen LogP contribution in [0.5, 0.6) is 0 Å². The summed E-state index contributed by atoms with van der Waals surface area (Å²) in [4.78, 5) is 7.65. The highest BCUT2D eigenvalue weighted by atomic mass is 32.2. The Kier molecular flexibility index (Phi) is 2.56. The Morgan fingerprint density at radius 3 is 2.68 bits per heavy atom. The summed E-state index contributed by atoms with van der Waals surface area (Å²) in [5.74, 6) is 0.570. The number of benzene rings is 1. The number of nitrogens with zero attached hydrogens (tertiary/aromatic N) is 3. The Hall–Kier alpha value is -2.28. The van der Waals surface area contributed by atoms with E-state index in [0.29, 0.717) is 16.9 Å². The van der Waals surface area contributed by atoms with Crippen LogP contribution in [0.4, 0.5) is 0 Å². The van der Waals surface area contributed by atoms with Gasteiger partial charge in [0.15, 0.2) is 9.84 Å². The first-order valence-electron chi connectivity index (χ1n) is 5.51. The molecule has 0 atom stereocenters. The fraction of sp³-hybridized carbons (Fsp3) is 0.0833. The molecule has 3 aromatic rings. The van der Waals surface area contributed by atoms with E-state index in [1.165, 1.54) is 6.26 Å². The van der Waals surface area contributed by atoms with Gasteiger partial charge in [-0.05, 0) is 18.2 Å². The molecule has 1 aromatic carbocycles. The molecule has 0 bridgehead atoms. The van der Waals surface area contributed by atoms with E-state index in [-0.39, 0.29) is 4.90 Å². The van der Waals surface area contributed by atoms with Crippen LogP contribution in [-0.4, -0.2) is 34.8 Å². The molecule has 0 saturated heterocycles. The zero-order chi connectivity index (χ0) is 13.5. The number of aromatic amines is 1. The summed E-state index contributed by atoms with van der Waals surface area (Å²) < 4.78 is 23.4. The molecule has 0 fully saturated rings. The number of hydrogen-bond acceptors (Lipinski definition) is 5. The third-order valence-electron chi connectivity index (χ3n) is 2.73. The van der Waals surface area contributed by atoms with E-state index >= 15 is 0 Å². The molecule has 0 radical (unpaired) electrons. The lowest BCUT2D eigenvalue weighted by atomic mass is 10.3. The van der Waals surface area contributed by atoms with Crippen molar-refractivity contribution < 1.29 is 8.42 Å². The van der Waals surface area contributed by atoms with Gasteiger partial charge in [0.05, 0.1) is 22.8 Å². The highest BCUT2D eigenvalue weighted by Gasteiger charge is 2.15. The van der Waals surface area contributed by atoms with Crippen molar-refractivity contribution in [2.24, 2.45) is 0 Å². The molecule has 19 heavy (non-hydrogen) atoms. The molecule has 6 nitrogen and oxygen atoms in total. The number of sulfone groups is 1. The van der Waals surface area contributed by atoms with E-state index in [2.05, 4.69) is 20.2 Å². The van der Waals surface area contributed by atoms with Crippen LogP contribution in [0, 0.1) is 0 Å². The van der Waals surface area contributed by atoms with Gasteiger partial charge in [0, 0.05) is 11.8 Å². The van der Waals surface area contributed by atoms with Crippen LogP contribution in [-0.2, 0) is 9.84 Å². The number of fused-ring (bicyclic) bond motifs is 1. The van der Waals surface area contributed by atoms with E-state index in [1.54, 1.807) is 36.7 Å². The summed E-state index contributed by atoms with van der Waals surface area (Å²) in [6.45, 7) is 0. The minimum absolute atomic E-state index is 0.217. The fourth-order valence-corrected chi connectivity index (χ4v) is 2.71. The van der Waals surface area contributed by atoms with E-state index in [4.69, 9.17) is 0 Å². The van der Waals surface area contributed by atoms with Crippen molar-refractivity contribution in [2.75, 3.05) is 6.26 Å². The molecule has 1 N–H and O–H groups in total. The number of imidazole rings is 1. The lowest BCUT2D eigenvalue weighted by Crippen LogP contribution is -1.97. The standard InChI is InChI=1S/C12H10N4O2S/c1-19(17,18)10-4-2-3-9-11(10)16-12(15-9)8-5-6-13-14-7-8/h2-7H,1H3,(H,15,16). The van der Waals surface area contributed by atoms with Gasteiger partial charge >= 0.3 is 0 Å². The Labute approximate surface area is 109 Å². The first-order valence-corrected chi connectivity index (χ1v) is 7.41. The highest BCUT2D eigenvalue weighted by molar-refractivity contribution is 7.91. The molecule has 0 amide bonds. The quantitative estimate of drug-likeness (QED) is 0.763. The molecule has 0 aliphatic carbocycles. The van der Waals surface area contributed by atoms with Crippen molar-refractivity contribution in [3.8, 4) is 11.4 Å². The van der Waals surface area contributed by atoms with E-state index in [1.807, 2.05) is 0 Å². The van der Waals surface area contributed by atoms with Crippen LogP contribution in [0.3, 0.4) is 0 Å². The van der Waals surface area contributed by atoms with E-state index < -0.39 is 9.84 Å². The minimum atomic E-state index is -3.31. The van der Waals surface area contributed by atoms with Gasteiger partial charge in [0.1, 0.15) is 11.3 Å². The third-order valence-corrected chi connectivity index (χ3v) is 3.86. The monoisotopic (exact) mass is 274 g/mol. The zero-order valence-electron chi connectivity index (χ0n) is 10.0. The topological polar surface area (TPSA) is 88.6 Å². The molecule has 0 aliphatic heterocycles. The normalized spacial score (nSPS) is 11.8. The summed E-state index contributed by atoms with van der Waals surface area (Å²) in [5, 5.41) is 7.47. The average molecular weight is 274 g/mol. The maximum Gasteiger partial charge on any atom is 0.177 e. The second-order valence-corrected chi connectivity index (χ2v) is 6.13. The van der Waals surface area contributed by atoms with Crippen LogP contribution < -0.4 is 0 Å². The van der Waals surface area contributed by atoms with Crippen molar-refractivity contribution in [1.29, 1.82) is 0 Å². The van der Waals surface area contributed by atoms with Crippen molar-refractivity contribution in [2.45, 2.75) is 4.90 Å². The Bertz CT molecular complexity index is 841. The van der Waals surface area contributed by atoms with Crippen LogP contribution in [0.1, 0.15) is 0 Å². The van der Waals surface area contributed by atoms with Crippen LogP contribution >= 0.6 is 0 Å². The molecule has 7 heteroatoms. The van der Waals surface area contributed by atoms with Crippen molar-refractivity contribution in [3.05, 3.63) is 36.7 Å². The third kappa shape index (κ3) is 2.08. The maximum atomic E-state index is 11.7. The second kappa shape index (κ2) is 4.13. The Morgan fingerprint density at radius 2 is 2.00 bits per heavy atom. The fourth-order valence-electron chi connectivity index (χ4n) is 1.87. The molecule has 96 valence electrons. The predicted molar refractivity (Wildman–Crippen MR) is 70.2 cm³/mol. The van der Waals surface area contributed by atoms with Gasteiger partial charge in [-0.25, -0.2) is 13.4 Å². The van der Waals surface area contributed by atoms with Gasteiger partial charge in [0.25, 0.3) is 0 Å². The number of aromatic nitrogens is 4. The first kappa shape index (κ1) is 11.8. The van der Waals surface area contributed by atoms with Crippen molar-refractivity contribution in [1.82, 2.24) is 20.2 Å². The predicted octanol–water partition coefficient (Wildman–Crippen LogP) is 1.42. The molecule has 0 aliphatic rings. The molecular formula is C12H10N4O2S. The van der Waals surface area contributed by atoms with Crippen molar-refractivity contribution in [3.63, 3.8) is 0 Å². The number of H-pyrrole nitrogens is 1. The molecule has 0 spiro atoms. The van der Waals surface area contributed by atoms with Gasteiger partial charge < -0.3 is 4.98 Å². The van der Waals surface area contributed by atoms with Gasteiger partial charge in [-0.2, -0.15) is 10.2 Å². The number of nitrogens with one attached hydrogen (secondary N) is 1. The van der Waals surface area contributed by atoms with Crippen molar-refractivity contribution >= 4 is 20.9 Å². The van der Waals surface area contributed by atoms with Crippen LogP contribution in [0.2, 0.25) is 0 Å². The minimum Gasteiger partial charge on any atom is -0.338 e. The van der Waals surface area contributed by atoms with Crippen LogP contribution in [0.15, 0.2) is 41.6 Å². The largest absolute Gasteiger partial charge is 0.338 e. The second-order valence-electron chi connectivity index (χ2n) is 4.14. The molecular weight excluding hydrogens is 264 g/mol. The summed E-state index contributed by atoms with van der Waals surface area (Å²) in [6, 6.07) is 6.78. The van der Waals surface area contributed by atoms with E-state index in [0.717, 1.165) is 5.56 Å².